The summed E-state index contributed by atoms with van der Waals surface area (Å²) >= 11 is 5.01. The normalized spacial score (nSPS) is 10.2. The molecule has 0 unspecified atom stereocenters. The number of nitrogen functional groups attached to an aromatic ring is 1. The quantitative estimate of drug-likeness (QED) is 0.791. The van der Waals surface area contributed by atoms with Gasteiger partial charge in [0.25, 0.3) is 0 Å². The number of anilines is 1. The van der Waals surface area contributed by atoms with Gasteiger partial charge in [-0.05, 0) is 24.4 Å². The van der Waals surface area contributed by atoms with Crippen molar-refractivity contribution < 1.29 is 4.74 Å². The average molecular weight is 236 g/mol. The van der Waals surface area contributed by atoms with E-state index in [0.29, 0.717) is 23.9 Å². The molecule has 0 atom stereocenters. The molecular weight excluding hydrogens is 224 g/mol. The van der Waals surface area contributed by atoms with Gasteiger partial charge >= 0.3 is 0 Å². The Morgan fingerprint density at radius 2 is 2.12 bits per heavy atom. The maximum atomic E-state index is 5.62. The van der Waals surface area contributed by atoms with E-state index < -0.39 is 0 Å². The van der Waals surface area contributed by atoms with E-state index in [1.807, 2.05) is 30.3 Å². The highest BCUT2D eigenvalue weighted by atomic mass is 32.1. The van der Waals surface area contributed by atoms with Crippen molar-refractivity contribution in [3.8, 4) is 5.75 Å². The monoisotopic (exact) mass is 236 g/mol. The lowest BCUT2D eigenvalue weighted by molar-refractivity contribution is 0.298. The first-order valence-corrected chi connectivity index (χ1v) is 5.27. The van der Waals surface area contributed by atoms with Crippen LogP contribution in [0.2, 0.25) is 0 Å². The summed E-state index contributed by atoms with van der Waals surface area (Å²) in [6.45, 7) is 1.08. The Labute approximate surface area is 97.9 Å². The number of hydrogen-bond donors (Lipinski definition) is 2. The summed E-state index contributed by atoms with van der Waals surface area (Å²) in [6.07, 6.45) is 0. The molecule has 0 aliphatic rings. The maximum absolute atomic E-state index is 5.62. The van der Waals surface area contributed by atoms with Crippen LogP contribution in [-0.2, 0) is 6.54 Å². The number of nitrogens with zero attached hydrogens (tertiary/aromatic N) is 2. The molecule has 1 heterocycles. The van der Waals surface area contributed by atoms with Gasteiger partial charge in [-0.1, -0.05) is 18.2 Å². The Balaban J connectivity index is 1.92. The van der Waals surface area contributed by atoms with Gasteiger partial charge in [0.1, 0.15) is 12.4 Å². The van der Waals surface area contributed by atoms with E-state index in [0.717, 1.165) is 5.75 Å². The van der Waals surface area contributed by atoms with Gasteiger partial charge in [-0.3, -0.25) is 4.57 Å². The van der Waals surface area contributed by atoms with Crippen molar-refractivity contribution in [1.82, 2.24) is 14.8 Å². The Bertz CT molecular complexity index is 505. The highest BCUT2D eigenvalue weighted by molar-refractivity contribution is 7.71. The summed E-state index contributed by atoms with van der Waals surface area (Å²) in [5.74, 6) is 1.21. The zero-order valence-electron chi connectivity index (χ0n) is 8.59. The summed E-state index contributed by atoms with van der Waals surface area (Å²) in [5.41, 5.74) is 5.62. The number of nitrogens with one attached hydrogen (secondary N) is 1. The average Bonchev–Trinajstić information content (AvgIpc) is 2.62. The molecule has 0 aliphatic carbocycles. The van der Waals surface area contributed by atoms with Crippen LogP contribution in [0, 0.1) is 4.77 Å². The summed E-state index contributed by atoms with van der Waals surface area (Å²) in [5, 5.41) is 6.43. The number of hydrogen-bond acceptors (Lipinski definition) is 4. The van der Waals surface area contributed by atoms with Crippen LogP contribution < -0.4 is 10.5 Å². The lowest BCUT2D eigenvalue weighted by Crippen LogP contribution is -2.10. The highest BCUT2D eigenvalue weighted by Gasteiger charge is 2.01. The first-order chi connectivity index (χ1) is 7.77. The number of aromatic amines is 1. The van der Waals surface area contributed by atoms with Crippen molar-refractivity contribution in [3.63, 3.8) is 0 Å². The van der Waals surface area contributed by atoms with E-state index in [9.17, 15) is 0 Å². The third-order valence-corrected chi connectivity index (χ3v) is 2.43. The predicted octanol–water partition coefficient (Wildman–Crippen LogP) is 1.60. The minimum Gasteiger partial charge on any atom is -0.492 e. The summed E-state index contributed by atoms with van der Waals surface area (Å²) in [4.78, 5) is 0. The zero-order chi connectivity index (χ0) is 11.4. The van der Waals surface area contributed by atoms with Crippen molar-refractivity contribution >= 4 is 18.2 Å². The van der Waals surface area contributed by atoms with E-state index in [1.165, 1.54) is 0 Å². The van der Waals surface area contributed by atoms with Gasteiger partial charge in [-0.15, -0.1) is 5.10 Å². The van der Waals surface area contributed by atoms with E-state index in [1.54, 1.807) is 4.57 Å². The van der Waals surface area contributed by atoms with Crippen LogP contribution in [0.15, 0.2) is 30.3 Å². The van der Waals surface area contributed by atoms with Crippen LogP contribution >= 0.6 is 12.2 Å². The molecule has 84 valence electrons. The minimum atomic E-state index is 0.377. The van der Waals surface area contributed by atoms with Crippen molar-refractivity contribution in [1.29, 1.82) is 0 Å². The van der Waals surface area contributed by atoms with Crippen molar-refractivity contribution in [3.05, 3.63) is 35.1 Å². The number of para-hydroxylation sites is 1. The number of ether oxygens (including phenoxy) is 1. The van der Waals surface area contributed by atoms with E-state index in [-0.39, 0.29) is 0 Å². The van der Waals surface area contributed by atoms with Gasteiger partial charge < -0.3 is 10.5 Å². The third-order valence-electron chi connectivity index (χ3n) is 2.11. The van der Waals surface area contributed by atoms with Gasteiger partial charge in [0.2, 0.25) is 5.95 Å². The predicted molar refractivity (Wildman–Crippen MR) is 63.8 cm³/mol. The molecule has 0 bridgehead atoms. The Hall–Kier alpha value is -1.82. The van der Waals surface area contributed by atoms with Crippen LogP contribution in [0.4, 0.5) is 5.95 Å². The van der Waals surface area contributed by atoms with E-state index in [4.69, 9.17) is 22.7 Å². The number of rotatable bonds is 4. The van der Waals surface area contributed by atoms with Crippen LogP contribution in [0.1, 0.15) is 0 Å². The lowest BCUT2D eigenvalue weighted by Gasteiger charge is -2.06. The van der Waals surface area contributed by atoms with Gasteiger partial charge in [-0.25, -0.2) is 5.10 Å². The van der Waals surface area contributed by atoms with Gasteiger partial charge in [0, 0.05) is 0 Å². The Morgan fingerprint density at radius 1 is 1.38 bits per heavy atom. The molecule has 0 saturated heterocycles. The van der Waals surface area contributed by atoms with Crippen molar-refractivity contribution in [2.45, 2.75) is 6.54 Å². The molecule has 2 rings (SSSR count). The van der Waals surface area contributed by atoms with Crippen LogP contribution in [0.25, 0.3) is 0 Å². The van der Waals surface area contributed by atoms with Gasteiger partial charge in [0.05, 0.1) is 6.54 Å². The molecule has 16 heavy (non-hydrogen) atoms. The number of aromatic nitrogens is 3. The fourth-order valence-electron chi connectivity index (χ4n) is 1.32. The topological polar surface area (TPSA) is 68.9 Å². The van der Waals surface area contributed by atoms with Gasteiger partial charge in [0.15, 0.2) is 4.77 Å². The molecule has 0 aliphatic heterocycles. The van der Waals surface area contributed by atoms with Gasteiger partial charge in [-0.2, -0.15) is 0 Å². The molecule has 1 aromatic heterocycles. The Kier molecular flexibility index (Phi) is 3.21. The SMILES string of the molecule is Nc1n[nH]c(=S)n1CCOc1ccccc1. The molecule has 0 spiro atoms. The number of H-pyrrole nitrogens is 1. The first-order valence-electron chi connectivity index (χ1n) is 4.86. The molecular formula is C10H12N4OS. The number of benzene rings is 1. The molecule has 0 amide bonds. The van der Waals surface area contributed by atoms with Crippen LogP contribution in [0.5, 0.6) is 5.75 Å². The van der Waals surface area contributed by atoms with E-state index >= 15 is 0 Å². The standard InChI is InChI=1S/C10H12N4OS/c11-9-12-13-10(16)14(9)6-7-15-8-4-2-1-3-5-8/h1-5H,6-7H2,(H2,11,12)(H,13,16). The fourth-order valence-corrected chi connectivity index (χ4v) is 1.55. The molecule has 0 radical (unpaired) electrons. The van der Waals surface area contributed by atoms with Crippen molar-refractivity contribution in [2.75, 3.05) is 12.3 Å². The summed E-state index contributed by atoms with van der Waals surface area (Å²) in [7, 11) is 0. The maximum Gasteiger partial charge on any atom is 0.220 e. The third kappa shape index (κ3) is 2.40. The largest absolute Gasteiger partial charge is 0.492 e. The second kappa shape index (κ2) is 4.80. The summed E-state index contributed by atoms with van der Waals surface area (Å²) < 4.78 is 7.73. The molecule has 2 aromatic rings. The Morgan fingerprint density at radius 3 is 2.75 bits per heavy atom. The second-order valence-corrected chi connectivity index (χ2v) is 3.59. The molecule has 5 nitrogen and oxygen atoms in total. The fraction of sp³-hybridized carbons (Fsp3) is 0.200. The van der Waals surface area contributed by atoms with E-state index in [2.05, 4.69) is 10.2 Å². The molecule has 1 aromatic carbocycles. The van der Waals surface area contributed by atoms with Crippen LogP contribution in [-0.4, -0.2) is 21.4 Å². The first kappa shape index (κ1) is 10.7. The van der Waals surface area contributed by atoms with Crippen molar-refractivity contribution in [2.24, 2.45) is 0 Å². The zero-order valence-corrected chi connectivity index (χ0v) is 9.41. The lowest BCUT2D eigenvalue weighted by atomic mass is 10.3. The smallest absolute Gasteiger partial charge is 0.220 e. The number of nitrogens with two attached hydrogens (primary N) is 1. The minimum absolute atomic E-state index is 0.377. The summed E-state index contributed by atoms with van der Waals surface area (Å²) in [6, 6.07) is 9.59. The molecule has 0 fully saturated rings. The molecule has 6 heteroatoms. The molecule has 0 saturated carbocycles. The second-order valence-electron chi connectivity index (χ2n) is 3.20. The highest BCUT2D eigenvalue weighted by Crippen LogP contribution is 2.08. The molecule has 3 N–H and O–H groups in total. The van der Waals surface area contributed by atoms with Crippen LogP contribution in [0.3, 0.4) is 0 Å².